The van der Waals surface area contributed by atoms with Crippen LogP contribution in [0.5, 0.6) is 0 Å². The molecule has 1 aromatic rings. The van der Waals surface area contributed by atoms with E-state index in [-0.39, 0.29) is 23.7 Å². The van der Waals surface area contributed by atoms with Crippen molar-refractivity contribution in [3.63, 3.8) is 0 Å². The van der Waals surface area contributed by atoms with Crippen molar-refractivity contribution in [1.29, 1.82) is 0 Å². The number of nitrogens with one attached hydrogen (secondary N) is 1. The highest BCUT2D eigenvalue weighted by Crippen LogP contribution is 2.07. The Morgan fingerprint density at radius 2 is 2.17 bits per heavy atom. The highest BCUT2D eigenvalue weighted by atomic mass is 19.1. The number of benzene rings is 1. The lowest BCUT2D eigenvalue weighted by molar-refractivity contribution is -0.146. The number of carbonyl (C=O) groups is 1. The molecule has 0 spiro atoms. The molecule has 0 saturated heterocycles. The third-order valence-electron chi connectivity index (χ3n) is 2.62. The van der Waals surface area contributed by atoms with Gasteiger partial charge in [0.1, 0.15) is 11.9 Å². The molecule has 1 atom stereocenters. The van der Waals surface area contributed by atoms with Gasteiger partial charge in [-0.3, -0.25) is 4.79 Å². The van der Waals surface area contributed by atoms with Crippen LogP contribution in [0.25, 0.3) is 0 Å². The largest absolute Gasteiger partial charge is 0.465 e. The van der Waals surface area contributed by atoms with Crippen molar-refractivity contribution in [2.45, 2.75) is 33.4 Å². The number of hydrogen-bond donors (Lipinski definition) is 1. The molecule has 0 fully saturated rings. The summed E-state index contributed by atoms with van der Waals surface area (Å²) in [6.07, 6.45) is 0. The van der Waals surface area contributed by atoms with Crippen molar-refractivity contribution in [3.05, 3.63) is 35.6 Å². The van der Waals surface area contributed by atoms with Gasteiger partial charge in [-0.25, -0.2) is 4.39 Å². The van der Waals surface area contributed by atoms with Crippen LogP contribution in [0.1, 0.15) is 26.3 Å². The van der Waals surface area contributed by atoms with Crippen molar-refractivity contribution >= 4 is 5.97 Å². The van der Waals surface area contributed by atoms with Gasteiger partial charge in [-0.1, -0.05) is 26.0 Å². The van der Waals surface area contributed by atoms with Gasteiger partial charge in [0.2, 0.25) is 0 Å². The minimum Gasteiger partial charge on any atom is -0.465 e. The SMILES string of the molecule is CCOC(=O)C(NCc1cccc(F)c1)C(C)C. The van der Waals surface area contributed by atoms with Crippen LogP contribution < -0.4 is 5.32 Å². The third-order valence-corrected chi connectivity index (χ3v) is 2.62. The van der Waals surface area contributed by atoms with Crippen LogP contribution in [0.15, 0.2) is 24.3 Å². The number of carbonyl (C=O) groups excluding carboxylic acids is 1. The lowest BCUT2D eigenvalue weighted by atomic mass is 10.0. The van der Waals surface area contributed by atoms with Crippen molar-refractivity contribution < 1.29 is 13.9 Å². The quantitative estimate of drug-likeness (QED) is 0.792. The first kappa shape index (κ1) is 14.6. The van der Waals surface area contributed by atoms with Crippen LogP contribution in [0.4, 0.5) is 4.39 Å². The number of halogens is 1. The van der Waals surface area contributed by atoms with E-state index in [2.05, 4.69) is 5.32 Å². The van der Waals surface area contributed by atoms with Gasteiger partial charge in [0.25, 0.3) is 0 Å². The van der Waals surface area contributed by atoms with E-state index in [4.69, 9.17) is 4.74 Å². The highest BCUT2D eigenvalue weighted by molar-refractivity contribution is 5.76. The van der Waals surface area contributed by atoms with Gasteiger partial charge >= 0.3 is 5.97 Å². The molecular weight excluding hydrogens is 233 g/mol. The van der Waals surface area contributed by atoms with Crippen LogP contribution in [0.3, 0.4) is 0 Å². The van der Waals surface area contributed by atoms with Gasteiger partial charge in [0, 0.05) is 6.54 Å². The predicted octanol–water partition coefficient (Wildman–Crippen LogP) is 2.50. The molecule has 3 nitrogen and oxygen atoms in total. The summed E-state index contributed by atoms with van der Waals surface area (Å²) < 4.78 is 18.0. The molecule has 0 amide bonds. The van der Waals surface area contributed by atoms with E-state index < -0.39 is 0 Å². The summed E-state index contributed by atoms with van der Waals surface area (Å²) in [4.78, 5) is 11.7. The molecule has 1 unspecified atom stereocenters. The number of esters is 1. The van der Waals surface area contributed by atoms with Crippen molar-refractivity contribution in [2.24, 2.45) is 5.92 Å². The molecule has 0 aliphatic heterocycles. The first-order valence-corrected chi connectivity index (χ1v) is 6.19. The van der Waals surface area contributed by atoms with Gasteiger partial charge in [0.15, 0.2) is 0 Å². The molecule has 1 N–H and O–H groups in total. The first-order chi connectivity index (χ1) is 8.54. The molecule has 0 bridgehead atoms. The van der Waals surface area contributed by atoms with E-state index in [1.807, 2.05) is 19.9 Å². The smallest absolute Gasteiger partial charge is 0.323 e. The van der Waals surface area contributed by atoms with E-state index in [0.29, 0.717) is 13.2 Å². The van der Waals surface area contributed by atoms with Gasteiger partial charge in [-0.2, -0.15) is 0 Å². The number of rotatable bonds is 6. The van der Waals surface area contributed by atoms with Crippen LogP contribution in [-0.4, -0.2) is 18.6 Å². The summed E-state index contributed by atoms with van der Waals surface area (Å²) in [5.41, 5.74) is 0.810. The zero-order chi connectivity index (χ0) is 13.5. The van der Waals surface area contributed by atoms with E-state index in [1.54, 1.807) is 13.0 Å². The third kappa shape index (κ3) is 4.45. The molecule has 0 aromatic heterocycles. The predicted molar refractivity (Wildman–Crippen MR) is 68.5 cm³/mol. The molecule has 1 aromatic carbocycles. The van der Waals surface area contributed by atoms with Gasteiger partial charge in [-0.05, 0) is 30.5 Å². The maximum atomic E-state index is 13.0. The highest BCUT2D eigenvalue weighted by Gasteiger charge is 2.22. The van der Waals surface area contributed by atoms with E-state index in [0.717, 1.165) is 5.56 Å². The maximum absolute atomic E-state index is 13.0. The molecule has 100 valence electrons. The van der Waals surface area contributed by atoms with Gasteiger partial charge in [0.05, 0.1) is 6.61 Å². The second-order valence-corrected chi connectivity index (χ2v) is 4.48. The first-order valence-electron chi connectivity index (χ1n) is 6.19. The Balaban J connectivity index is 2.60. The molecule has 1 rings (SSSR count). The topological polar surface area (TPSA) is 38.3 Å². The van der Waals surface area contributed by atoms with Gasteiger partial charge < -0.3 is 10.1 Å². The summed E-state index contributed by atoms with van der Waals surface area (Å²) in [6.45, 7) is 6.48. The van der Waals surface area contributed by atoms with E-state index in [9.17, 15) is 9.18 Å². The second kappa shape index (κ2) is 7.11. The molecule has 4 heteroatoms. The molecule has 0 aliphatic carbocycles. The Morgan fingerprint density at radius 1 is 1.44 bits per heavy atom. The average Bonchev–Trinajstić information content (AvgIpc) is 2.29. The van der Waals surface area contributed by atoms with Crippen LogP contribution >= 0.6 is 0 Å². The summed E-state index contributed by atoms with van der Waals surface area (Å²) in [7, 11) is 0. The Hall–Kier alpha value is -1.42. The van der Waals surface area contributed by atoms with Crippen LogP contribution in [0.2, 0.25) is 0 Å². The van der Waals surface area contributed by atoms with Crippen molar-refractivity contribution in [2.75, 3.05) is 6.61 Å². The lowest BCUT2D eigenvalue weighted by Crippen LogP contribution is -2.41. The second-order valence-electron chi connectivity index (χ2n) is 4.48. The molecule has 18 heavy (non-hydrogen) atoms. The standard InChI is InChI=1S/C14H20FNO2/c1-4-18-14(17)13(10(2)3)16-9-11-6-5-7-12(15)8-11/h5-8,10,13,16H,4,9H2,1-3H3. The minimum atomic E-state index is -0.367. The zero-order valence-corrected chi connectivity index (χ0v) is 11.1. The van der Waals surface area contributed by atoms with E-state index in [1.165, 1.54) is 12.1 Å². The lowest BCUT2D eigenvalue weighted by Gasteiger charge is -2.20. The van der Waals surface area contributed by atoms with E-state index >= 15 is 0 Å². The Morgan fingerprint density at radius 3 is 2.72 bits per heavy atom. The van der Waals surface area contributed by atoms with Gasteiger partial charge in [-0.15, -0.1) is 0 Å². The maximum Gasteiger partial charge on any atom is 0.323 e. The summed E-state index contributed by atoms with van der Waals surface area (Å²) in [6, 6.07) is 5.96. The average molecular weight is 253 g/mol. The van der Waals surface area contributed by atoms with Crippen molar-refractivity contribution in [1.82, 2.24) is 5.32 Å². The molecule has 0 heterocycles. The normalized spacial score (nSPS) is 12.5. The summed E-state index contributed by atoms with van der Waals surface area (Å²) in [5.74, 6) is -0.409. The fraction of sp³-hybridized carbons (Fsp3) is 0.500. The summed E-state index contributed by atoms with van der Waals surface area (Å²) >= 11 is 0. The van der Waals surface area contributed by atoms with Crippen molar-refractivity contribution in [3.8, 4) is 0 Å². The number of ether oxygens (including phenoxy) is 1. The Bertz CT molecular complexity index is 393. The number of hydrogen-bond acceptors (Lipinski definition) is 3. The molecule has 0 radical (unpaired) electrons. The fourth-order valence-corrected chi connectivity index (χ4v) is 1.70. The van der Waals surface area contributed by atoms with Crippen LogP contribution in [0, 0.1) is 11.7 Å². The monoisotopic (exact) mass is 253 g/mol. The fourth-order valence-electron chi connectivity index (χ4n) is 1.70. The Labute approximate surface area is 107 Å². The van der Waals surface area contributed by atoms with Crippen LogP contribution in [-0.2, 0) is 16.1 Å². The molecule has 0 aliphatic rings. The zero-order valence-electron chi connectivity index (χ0n) is 11.1. The molecule has 0 saturated carbocycles. The summed E-state index contributed by atoms with van der Waals surface area (Å²) in [5, 5.41) is 3.11. The Kier molecular flexibility index (Phi) is 5.78. The minimum absolute atomic E-state index is 0.123. The molecular formula is C14H20FNO2.